The highest BCUT2D eigenvalue weighted by atomic mass is 33.1. The van der Waals surface area contributed by atoms with Gasteiger partial charge in [0.1, 0.15) is 75.4 Å². The van der Waals surface area contributed by atoms with Gasteiger partial charge in [0.2, 0.25) is 11.8 Å². The molecule has 0 radical (unpaired) electrons. The van der Waals surface area contributed by atoms with Crippen LogP contribution in [0.15, 0.2) is 182 Å². The molecule has 20 nitrogen and oxygen atoms in total. The molecule has 0 aliphatic carbocycles. The van der Waals surface area contributed by atoms with Crippen molar-refractivity contribution in [2.24, 2.45) is 23.3 Å². The molecule has 6 unspecified atom stereocenters. The molecule has 0 aliphatic rings. The molecular formula is C80H98N4O16S6. The first-order chi connectivity index (χ1) is 51.6. The maximum atomic E-state index is 13.6. The second-order valence-corrected chi connectivity index (χ2v) is 32.9. The molecule has 6 aromatic rings. The van der Waals surface area contributed by atoms with Crippen molar-refractivity contribution in [1.29, 1.82) is 0 Å². The minimum Gasteiger partial charge on any atom is -0.465 e. The zero-order valence-corrected chi connectivity index (χ0v) is 64.6. The zero-order chi connectivity index (χ0) is 75.6. The van der Waals surface area contributed by atoms with Gasteiger partial charge in [-0.05, 0) is 84.7 Å². The van der Waals surface area contributed by atoms with E-state index in [4.69, 9.17) is 39.9 Å². The van der Waals surface area contributed by atoms with Crippen molar-refractivity contribution in [3.05, 3.63) is 215 Å². The molecule has 0 aromatic heterocycles. The predicted molar refractivity (Wildman–Crippen MR) is 424 cm³/mol. The van der Waals surface area contributed by atoms with E-state index in [2.05, 4.69) is 10.6 Å². The van der Waals surface area contributed by atoms with E-state index < -0.39 is 71.8 Å². The summed E-state index contributed by atoms with van der Waals surface area (Å²) >= 11 is 0. The number of ether oxygens (including phenoxy) is 6. The number of rotatable bonds is 55. The number of amides is 2. The summed E-state index contributed by atoms with van der Waals surface area (Å²) in [6.07, 6.45) is 3.70. The van der Waals surface area contributed by atoms with Gasteiger partial charge in [-0.15, -0.1) is 0 Å². The Balaban J connectivity index is 0.838. The summed E-state index contributed by atoms with van der Waals surface area (Å²) in [6, 6.07) is 52.9. The van der Waals surface area contributed by atoms with Crippen LogP contribution >= 0.6 is 64.8 Å². The van der Waals surface area contributed by atoms with Crippen LogP contribution in [0.1, 0.15) is 97.6 Å². The topological polar surface area (TPSA) is 302 Å². The monoisotopic (exact) mass is 1560 g/mol. The Kier molecular flexibility index (Phi) is 43.9. The third-order valence-corrected chi connectivity index (χ3v) is 23.2. The summed E-state index contributed by atoms with van der Waals surface area (Å²) in [4.78, 5) is 132. The molecule has 6 N–H and O–H groups in total. The number of Topliss-reactive ketones (excluding diaryl/α,β-unsaturated/α-hetero) is 2. The maximum Gasteiger partial charge on any atom is 0.329 e. The summed E-state index contributed by atoms with van der Waals surface area (Å²) in [5.41, 5.74) is 17.4. The molecule has 2 amide bonds. The van der Waals surface area contributed by atoms with Crippen LogP contribution in [-0.2, 0) is 115 Å². The molecule has 0 aliphatic heterocycles. The molecule has 0 saturated heterocycles. The lowest BCUT2D eigenvalue weighted by molar-refractivity contribution is -0.150. The third kappa shape index (κ3) is 38.3. The van der Waals surface area contributed by atoms with Crippen LogP contribution in [0.2, 0.25) is 0 Å². The lowest BCUT2D eigenvalue weighted by Gasteiger charge is -2.18. The normalized spacial score (nSPS) is 12.7. The molecule has 0 spiro atoms. The van der Waals surface area contributed by atoms with Gasteiger partial charge >= 0.3 is 35.8 Å². The van der Waals surface area contributed by atoms with E-state index in [-0.39, 0.29) is 114 Å². The predicted octanol–water partition coefficient (Wildman–Crippen LogP) is 11.7. The van der Waals surface area contributed by atoms with Crippen molar-refractivity contribution in [3.8, 4) is 0 Å². The Labute approximate surface area is 646 Å². The minimum absolute atomic E-state index is 0.0195. The molecule has 0 fully saturated rings. The van der Waals surface area contributed by atoms with E-state index in [9.17, 15) is 47.9 Å². The molecule has 6 aromatic carbocycles. The summed E-state index contributed by atoms with van der Waals surface area (Å²) in [5.74, 6) is -2.65. The number of nitrogens with one attached hydrogen (secondary N) is 2. The highest BCUT2D eigenvalue weighted by Crippen LogP contribution is 2.25. The van der Waals surface area contributed by atoms with Crippen LogP contribution in [0.4, 0.5) is 0 Å². The molecule has 6 atom stereocenters. The second kappa shape index (κ2) is 53.3. The average Bonchev–Trinajstić information content (AvgIpc) is 0.944. The number of carbonyl (C=O) groups is 10. The summed E-state index contributed by atoms with van der Waals surface area (Å²) < 4.78 is 33.3. The Bertz CT molecular complexity index is 3330. The van der Waals surface area contributed by atoms with Gasteiger partial charge in [0.25, 0.3) is 0 Å². The van der Waals surface area contributed by atoms with Crippen LogP contribution < -0.4 is 22.1 Å². The summed E-state index contributed by atoms with van der Waals surface area (Å²) in [6.45, 7) is 0.756. The summed E-state index contributed by atoms with van der Waals surface area (Å²) in [5, 5.41) is 5.67. The van der Waals surface area contributed by atoms with E-state index in [1.165, 1.54) is 64.8 Å². The SMILES string of the molecule is NC(Cc1ccccc1)C(=O)OCCSSCCOC(=O)C(CC(=O)CCCCC(=O)NC(Cc1ccccc1)C(=O)OCCSSCCOC(=O)C(CC(=O)CCCCC(=O)NC(Cc1ccccc1)C(=O)OCCSSCCOC(=O)C(N)Cc1ccccc1)Cc1ccccc1)Cc1ccccc1. The Morgan fingerprint density at radius 2 is 0.509 bits per heavy atom. The average molecular weight is 1560 g/mol. The molecule has 0 heterocycles. The van der Waals surface area contributed by atoms with E-state index >= 15 is 0 Å². The van der Waals surface area contributed by atoms with Gasteiger partial charge in [-0.3, -0.25) is 38.4 Å². The Hall–Kier alpha value is -7.56. The minimum atomic E-state index is -0.969. The van der Waals surface area contributed by atoms with Gasteiger partial charge in [0.05, 0.1) is 11.8 Å². The standard InChI is InChI=1S/C80H98N4O16S6/c81-69(53-61-27-11-3-12-28-61)77(91)97-41-47-103-101-45-39-95-75(89)65(51-59-23-7-1-8-24-59)57-67(85)35-19-21-37-73(87)83-71(55-63-31-15-5-16-32-63)79(93)99-43-49-105-102-46-40-96-76(90)66(52-60-25-9-2-10-26-60)58-68(86)36-20-22-38-74(88)84-72(56-64-33-17-6-18-34-64)80(94)100-44-50-106-104-48-42-98-78(92)70(82)54-62-29-13-4-14-30-62/h1-18,23-34,65-66,69-72H,19-22,35-58,81-82H2,(H,83,87)(H,84,88). The third-order valence-electron chi connectivity index (χ3n) is 16.2. The van der Waals surface area contributed by atoms with Crippen molar-refractivity contribution in [3.63, 3.8) is 0 Å². The fourth-order valence-electron chi connectivity index (χ4n) is 10.8. The second-order valence-electron chi connectivity index (χ2n) is 24.8. The number of unbranched alkanes of at least 4 members (excludes halogenated alkanes) is 2. The van der Waals surface area contributed by atoms with Gasteiger partial charge in [-0.1, -0.05) is 247 Å². The first-order valence-corrected chi connectivity index (χ1v) is 43.1. The van der Waals surface area contributed by atoms with Gasteiger partial charge in [-0.25, -0.2) is 9.59 Å². The molecular weight excluding hydrogens is 1470 g/mol. The fourth-order valence-corrected chi connectivity index (χ4v) is 15.8. The van der Waals surface area contributed by atoms with Crippen molar-refractivity contribution in [2.75, 3.05) is 74.2 Å². The lowest BCUT2D eigenvalue weighted by Crippen LogP contribution is -2.43. The van der Waals surface area contributed by atoms with E-state index in [0.717, 1.165) is 33.4 Å². The van der Waals surface area contributed by atoms with E-state index in [1.54, 1.807) is 0 Å². The van der Waals surface area contributed by atoms with Crippen LogP contribution in [0.5, 0.6) is 0 Å². The quantitative estimate of drug-likeness (QED) is 0.0119. The smallest absolute Gasteiger partial charge is 0.329 e. The number of carbonyl (C=O) groups excluding carboxylic acids is 10. The molecule has 0 bridgehead atoms. The molecule has 106 heavy (non-hydrogen) atoms. The molecule has 570 valence electrons. The first kappa shape index (κ1) is 87.4. The largest absolute Gasteiger partial charge is 0.465 e. The van der Waals surface area contributed by atoms with Gasteiger partial charge < -0.3 is 50.5 Å². The van der Waals surface area contributed by atoms with Crippen LogP contribution in [0, 0.1) is 11.8 Å². The van der Waals surface area contributed by atoms with Gasteiger partial charge in [0.15, 0.2) is 0 Å². The van der Waals surface area contributed by atoms with Crippen LogP contribution in [-0.4, -0.2) is 158 Å². The zero-order valence-electron chi connectivity index (χ0n) is 59.7. The number of hydrogen-bond donors (Lipinski definition) is 4. The van der Waals surface area contributed by atoms with Crippen molar-refractivity contribution >= 4 is 124 Å². The summed E-state index contributed by atoms with van der Waals surface area (Å²) in [7, 11) is 8.75. The number of ketones is 2. The number of esters is 6. The molecule has 26 heteroatoms. The maximum absolute atomic E-state index is 13.6. The number of benzene rings is 6. The number of nitrogens with two attached hydrogens (primary N) is 2. The van der Waals surface area contributed by atoms with Crippen LogP contribution in [0.25, 0.3) is 0 Å². The molecule has 0 saturated carbocycles. The number of hydrogen-bond acceptors (Lipinski definition) is 24. The van der Waals surface area contributed by atoms with Crippen molar-refractivity contribution in [1.82, 2.24) is 10.6 Å². The van der Waals surface area contributed by atoms with Gasteiger partial charge in [0, 0.05) is 85.9 Å². The highest BCUT2D eigenvalue weighted by Gasteiger charge is 2.28. The molecule has 6 rings (SSSR count). The first-order valence-electron chi connectivity index (χ1n) is 35.7. The Morgan fingerprint density at radius 1 is 0.283 bits per heavy atom. The highest BCUT2D eigenvalue weighted by molar-refractivity contribution is 8.77. The van der Waals surface area contributed by atoms with E-state index in [0.29, 0.717) is 85.9 Å². The van der Waals surface area contributed by atoms with E-state index in [1.807, 2.05) is 182 Å². The Morgan fingerprint density at radius 3 is 0.783 bits per heavy atom. The lowest BCUT2D eigenvalue weighted by atomic mass is 9.92. The van der Waals surface area contributed by atoms with Gasteiger partial charge in [-0.2, -0.15) is 0 Å². The van der Waals surface area contributed by atoms with Crippen LogP contribution in [0.3, 0.4) is 0 Å². The fraction of sp³-hybridized carbons (Fsp3) is 0.425. The van der Waals surface area contributed by atoms with Crippen molar-refractivity contribution in [2.45, 2.75) is 127 Å². The van der Waals surface area contributed by atoms with Crippen molar-refractivity contribution < 1.29 is 76.4 Å².